The molecule has 0 fully saturated rings. The zero-order valence-electron chi connectivity index (χ0n) is 9.98. The summed E-state index contributed by atoms with van der Waals surface area (Å²) in [4.78, 5) is 9.10. The van der Waals surface area contributed by atoms with Gasteiger partial charge in [0.2, 0.25) is 0 Å². The topological polar surface area (TPSA) is 25.8 Å². The number of aromatic nitrogens is 2. The molecule has 0 unspecified atom stereocenters. The summed E-state index contributed by atoms with van der Waals surface area (Å²) in [6.45, 7) is 0. The van der Waals surface area contributed by atoms with Crippen LogP contribution in [0, 0.1) is 0 Å². The van der Waals surface area contributed by atoms with Gasteiger partial charge < -0.3 is 0 Å². The number of hydrogen-bond donors (Lipinski definition) is 0. The average molecular weight is 475 g/mol. The number of hydrogen-bond acceptors (Lipinski definition) is 3. The van der Waals surface area contributed by atoms with E-state index in [0.29, 0.717) is 0 Å². The van der Waals surface area contributed by atoms with Crippen LogP contribution in [-0.4, -0.2) is 9.97 Å². The van der Waals surface area contributed by atoms with Gasteiger partial charge in [0.1, 0.15) is 10.7 Å². The molecule has 0 atom stereocenters. The first-order valence-corrected chi connectivity index (χ1v) is 8.93. The summed E-state index contributed by atoms with van der Waals surface area (Å²) in [6, 6.07) is 10.0. The molecule has 0 radical (unpaired) electrons. The molecule has 0 aliphatic carbocycles. The van der Waals surface area contributed by atoms with Gasteiger partial charge in [0.25, 0.3) is 0 Å². The van der Waals surface area contributed by atoms with Gasteiger partial charge in [0, 0.05) is 30.6 Å². The number of benzene rings is 1. The van der Waals surface area contributed by atoms with Gasteiger partial charge in [-0.15, -0.1) is 11.3 Å². The molecule has 3 rings (SSSR count). The molecule has 3 aromatic rings. The summed E-state index contributed by atoms with van der Waals surface area (Å²) in [5.41, 5.74) is 2.90. The Bertz CT molecular complexity index is 771. The summed E-state index contributed by atoms with van der Waals surface area (Å²) >= 11 is 12.1. The van der Waals surface area contributed by atoms with Gasteiger partial charge in [-0.2, -0.15) is 0 Å². The molecule has 0 N–H and O–H groups in total. The molecule has 0 spiro atoms. The van der Waals surface area contributed by atoms with E-state index in [1.165, 1.54) is 0 Å². The molecule has 0 saturated carbocycles. The predicted molar refractivity (Wildman–Crippen MR) is 93.9 cm³/mol. The van der Waals surface area contributed by atoms with Crippen molar-refractivity contribution in [1.29, 1.82) is 0 Å². The highest BCUT2D eigenvalue weighted by Crippen LogP contribution is 2.35. The Balaban J connectivity index is 2.04. The molecular weight excluding hydrogens is 468 g/mol. The fourth-order valence-electron chi connectivity index (χ4n) is 1.75. The van der Waals surface area contributed by atoms with Crippen molar-refractivity contribution in [3.8, 4) is 22.0 Å². The monoisotopic (exact) mass is 472 g/mol. The van der Waals surface area contributed by atoms with Crippen molar-refractivity contribution in [2.75, 3.05) is 0 Å². The van der Waals surface area contributed by atoms with E-state index in [1.807, 2.05) is 35.7 Å². The van der Waals surface area contributed by atoms with Crippen LogP contribution >= 0.6 is 59.1 Å². The van der Waals surface area contributed by atoms with E-state index in [4.69, 9.17) is 0 Å². The highest BCUT2D eigenvalue weighted by molar-refractivity contribution is 9.11. The molecule has 20 heavy (non-hydrogen) atoms. The van der Waals surface area contributed by atoms with Crippen LogP contribution in [-0.2, 0) is 0 Å². The summed E-state index contributed by atoms with van der Waals surface area (Å²) in [5.74, 6) is 0. The normalized spacial score (nSPS) is 10.8. The molecule has 1 aromatic carbocycles. The zero-order chi connectivity index (χ0) is 14.1. The van der Waals surface area contributed by atoms with Crippen LogP contribution < -0.4 is 0 Å². The Morgan fingerprint density at radius 2 is 1.80 bits per heavy atom. The Labute approximate surface area is 145 Å². The molecule has 0 saturated heterocycles. The van der Waals surface area contributed by atoms with Gasteiger partial charge in [0.05, 0.1) is 5.69 Å². The van der Waals surface area contributed by atoms with Crippen molar-refractivity contribution in [3.63, 3.8) is 0 Å². The van der Waals surface area contributed by atoms with Crippen molar-refractivity contribution in [2.45, 2.75) is 0 Å². The van der Waals surface area contributed by atoms with Gasteiger partial charge in [-0.1, -0.05) is 34.1 Å². The highest BCUT2D eigenvalue weighted by atomic mass is 79.9. The fraction of sp³-hybridized carbons (Fsp3) is 0. The summed E-state index contributed by atoms with van der Waals surface area (Å²) < 4.78 is 2.91. The van der Waals surface area contributed by atoms with Gasteiger partial charge in [-0.05, 0) is 44.0 Å². The Morgan fingerprint density at radius 1 is 1.00 bits per heavy atom. The van der Waals surface area contributed by atoms with Crippen LogP contribution in [0.15, 0.2) is 55.3 Å². The largest absolute Gasteiger partial charge is 0.251 e. The first-order valence-electron chi connectivity index (χ1n) is 5.67. The van der Waals surface area contributed by atoms with Gasteiger partial charge >= 0.3 is 0 Å². The van der Waals surface area contributed by atoms with E-state index in [0.717, 1.165) is 35.4 Å². The second-order valence-corrected chi connectivity index (χ2v) is 7.48. The second-order valence-electron chi connectivity index (χ2n) is 4.00. The number of thiazole rings is 1. The van der Waals surface area contributed by atoms with Crippen molar-refractivity contribution < 1.29 is 0 Å². The lowest BCUT2D eigenvalue weighted by Crippen LogP contribution is -1.85. The number of halogens is 3. The maximum Gasteiger partial charge on any atom is 0.143 e. The smallest absolute Gasteiger partial charge is 0.143 e. The van der Waals surface area contributed by atoms with Crippen molar-refractivity contribution in [3.05, 3.63) is 55.3 Å². The predicted octanol–water partition coefficient (Wildman–Crippen LogP) is 6.16. The van der Waals surface area contributed by atoms with E-state index in [2.05, 4.69) is 57.8 Å². The lowest BCUT2D eigenvalue weighted by molar-refractivity contribution is 1.26. The van der Waals surface area contributed by atoms with E-state index in [-0.39, 0.29) is 0 Å². The van der Waals surface area contributed by atoms with Crippen molar-refractivity contribution >= 4 is 59.1 Å². The van der Waals surface area contributed by atoms with E-state index in [1.54, 1.807) is 17.5 Å². The van der Waals surface area contributed by atoms with E-state index < -0.39 is 0 Å². The molecular formula is C14H7Br3N2S. The van der Waals surface area contributed by atoms with Crippen LogP contribution in [0.4, 0.5) is 0 Å². The van der Waals surface area contributed by atoms with Crippen LogP contribution in [0.2, 0.25) is 0 Å². The van der Waals surface area contributed by atoms with E-state index >= 15 is 0 Å². The molecule has 0 aliphatic heterocycles. The molecule has 2 nitrogen and oxygen atoms in total. The quantitative estimate of drug-likeness (QED) is 0.444. The van der Waals surface area contributed by atoms with Crippen LogP contribution in [0.5, 0.6) is 0 Å². The van der Waals surface area contributed by atoms with Crippen molar-refractivity contribution in [1.82, 2.24) is 9.97 Å². The molecule has 6 heteroatoms. The molecule has 2 aromatic heterocycles. The van der Waals surface area contributed by atoms with Gasteiger partial charge in [-0.3, -0.25) is 4.98 Å². The van der Waals surface area contributed by atoms with Gasteiger partial charge in [0.15, 0.2) is 0 Å². The first kappa shape index (κ1) is 14.4. The third-order valence-electron chi connectivity index (χ3n) is 2.66. The molecule has 2 heterocycles. The SMILES string of the molecule is Brc1cnc(-c2nc(-c3ccccc3Br)cs2)c(Br)c1. The third kappa shape index (κ3) is 2.88. The minimum Gasteiger partial charge on any atom is -0.251 e. The number of nitrogens with zero attached hydrogens (tertiary/aromatic N) is 2. The van der Waals surface area contributed by atoms with Crippen molar-refractivity contribution in [2.24, 2.45) is 0 Å². The van der Waals surface area contributed by atoms with E-state index in [9.17, 15) is 0 Å². The first-order chi connectivity index (χ1) is 9.65. The highest BCUT2D eigenvalue weighted by Gasteiger charge is 2.12. The maximum absolute atomic E-state index is 4.68. The molecule has 0 amide bonds. The van der Waals surface area contributed by atoms with Crippen LogP contribution in [0.3, 0.4) is 0 Å². The minimum atomic E-state index is 0.858. The average Bonchev–Trinajstić information content (AvgIpc) is 2.88. The Morgan fingerprint density at radius 3 is 2.55 bits per heavy atom. The molecule has 100 valence electrons. The summed E-state index contributed by atoms with van der Waals surface area (Å²) in [7, 11) is 0. The Kier molecular flexibility index (Phi) is 4.35. The minimum absolute atomic E-state index is 0.858. The summed E-state index contributed by atoms with van der Waals surface area (Å²) in [5, 5.41) is 2.95. The van der Waals surface area contributed by atoms with Crippen LogP contribution in [0.25, 0.3) is 22.0 Å². The third-order valence-corrected chi connectivity index (χ3v) is 5.24. The lowest BCUT2D eigenvalue weighted by Gasteiger charge is -2.01. The standard InChI is InChI=1S/C14H7Br3N2S/c15-8-5-11(17)13(18-6-8)14-19-12(7-20-14)9-3-1-2-4-10(9)16/h1-7H. The van der Waals surface area contributed by atoms with Gasteiger partial charge in [-0.25, -0.2) is 4.98 Å². The fourth-order valence-corrected chi connectivity index (χ4v) is 4.37. The second kappa shape index (κ2) is 6.05. The zero-order valence-corrected chi connectivity index (χ0v) is 15.6. The number of rotatable bonds is 2. The van der Waals surface area contributed by atoms with Crippen LogP contribution in [0.1, 0.15) is 0 Å². The Hall–Kier alpha value is -0.560. The molecule has 0 bridgehead atoms. The molecule has 0 aliphatic rings. The number of pyridine rings is 1. The maximum atomic E-state index is 4.68. The lowest BCUT2D eigenvalue weighted by atomic mass is 10.2. The summed E-state index contributed by atoms with van der Waals surface area (Å²) in [6.07, 6.45) is 1.78.